The first-order valence-electron chi connectivity index (χ1n) is 12.0. The highest BCUT2D eigenvalue weighted by Crippen LogP contribution is 2.48. The second-order valence-corrected chi connectivity index (χ2v) is 10.2. The third-order valence-corrected chi connectivity index (χ3v) is 7.93. The number of nitrogen functional groups attached to an aromatic ring is 1. The molecular weight excluding hydrogens is 470 g/mol. The van der Waals surface area contributed by atoms with Crippen molar-refractivity contribution in [3.8, 4) is 33.2 Å². The minimum atomic E-state index is 0.174. The van der Waals surface area contributed by atoms with E-state index in [9.17, 15) is 5.11 Å². The SMILES string of the molecule is Cc1nc(N)ccc1-c1sc2nc(-c3nccn3C)nc(N3CCC(CO)C3)c2c1-c1ccccc1. The van der Waals surface area contributed by atoms with Crippen LogP contribution in [0.15, 0.2) is 54.9 Å². The summed E-state index contributed by atoms with van der Waals surface area (Å²) >= 11 is 1.64. The average Bonchev–Trinajstić information content (AvgIpc) is 3.62. The van der Waals surface area contributed by atoms with Crippen molar-refractivity contribution in [2.45, 2.75) is 13.3 Å². The summed E-state index contributed by atoms with van der Waals surface area (Å²) < 4.78 is 1.94. The van der Waals surface area contributed by atoms with Gasteiger partial charge in [0, 0.05) is 66.8 Å². The number of thiophene rings is 1. The first-order chi connectivity index (χ1) is 17.5. The lowest BCUT2D eigenvalue weighted by Gasteiger charge is -2.20. The van der Waals surface area contributed by atoms with Crippen LogP contribution in [0.5, 0.6) is 0 Å². The molecule has 36 heavy (non-hydrogen) atoms. The second kappa shape index (κ2) is 9.00. The fourth-order valence-corrected chi connectivity index (χ4v) is 6.23. The molecule has 1 saturated heterocycles. The van der Waals surface area contributed by atoms with Gasteiger partial charge in [-0.15, -0.1) is 11.3 Å². The van der Waals surface area contributed by atoms with Crippen molar-refractivity contribution in [1.29, 1.82) is 0 Å². The minimum absolute atomic E-state index is 0.174. The van der Waals surface area contributed by atoms with Gasteiger partial charge in [0.05, 0.1) is 5.39 Å². The molecule has 182 valence electrons. The number of rotatable bonds is 5. The van der Waals surface area contributed by atoms with Gasteiger partial charge in [0.25, 0.3) is 0 Å². The topological polar surface area (TPSA) is 106 Å². The summed E-state index contributed by atoms with van der Waals surface area (Å²) in [6.07, 6.45) is 4.59. The Balaban J connectivity index is 1.68. The van der Waals surface area contributed by atoms with Crippen LogP contribution in [-0.2, 0) is 7.05 Å². The number of benzene rings is 1. The van der Waals surface area contributed by atoms with Gasteiger partial charge in [-0.3, -0.25) is 0 Å². The smallest absolute Gasteiger partial charge is 0.199 e. The van der Waals surface area contributed by atoms with E-state index in [1.54, 1.807) is 17.5 Å². The zero-order chi connectivity index (χ0) is 24.8. The summed E-state index contributed by atoms with van der Waals surface area (Å²) in [5.74, 6) is 2.93. The maximum absolute atomic E-state index is 9.84. The Bertz CT molecular complexity index is 1560. The Hall–Kier alpha value is -3.82. The fraction of sp³-hybridized carbons (Fsp3) is 0.259. The zero-order valence-electron chi connectivity index (χ0n) is 20.2. The third kappa shape index (κ3) is 3.81. The molecule has 0 radical (unpaired) electrons. The van der Waals surface area contributed by atoms with Crippen LogP contribution in [0.3, 0.4) is 0 Å². The number of aryl methyl sites for hydroxylation is 2. The molecule has 1 aliphatic heterocycles. The molecule has 0 amide bonds. The molecule has 0 bridgehead atoms. The lowest BCUT2D eigenvalue weighted by molar-refractivity contribution is 0.238. The molecule has 0 aliphatic carbocycles. The lowest BCUT2D eigenvalue weighted by Crippen LogP contribution is -2.22. The van der Waals surface area contributed by atoms with Gasteiger partial charge in [-0.25, -0.2) is 19.9 Å². The number of nitrogens with zero attached hydrogens (tertiary/aromatic N) is 6. The van der Waals surface area contributed by atoms with E-state index in [0.29, 0.717) is 11.6 Å². The van der Waals surface area contributed by atoms with E-state index in [0.717, 1.165) is 68.6 Å². The molecule has 1 unspecified atom stereocenters. The van der Waals surface area contributed by atoms with E-state index in [1.807, 2.05) is 42.9 Å². The molecule has 4 aromatic heterocycles. The summed E-state index contributed by atoms with van der Waals surface area (Å²) in [6, 6.07) is 14.3. The van der Waals surface area contributed by atoms with Gasteiger partial charge < -0.3 is 20.3 Å². The van der Waals surface area contributed by atoms with E-state index in [1.165, 1.54) is 0 Å². The van der Waals surface area contributed by atoms with Gasteiger partial charge in [-0.05, 0) is 31.0 Å². The highest BCUT2D eigenvalue weighted by molar-refractivity contribution is 7.22. The summed E-state index contributed by atoms with van der Waals surface area (Å²) in [7, 11) is 1.95. The van der Waals surface area contributed by atoms with Crippen LogP contribution in [0.25, 0.3) is 43.4 Å². The normalized spacial score (nSPS) is 15.8. The minimum Gasteiger partial charge on any atom is -0.396 e. The largest absolute Gasteiger partial charge is 0.396 e. The lowest BCUT2D eigenvalue weighted by atomic mass is 9.99. The van der Waals surface area contributed by atoms with Gasteiger partial charge in [-0.2, -0.15) is 0 Å². The standard InChI is InChI=1S/C27H27N7OS/c1-16-19(8-9-20(28)30-16)23-21(18-6-4-3-5-7-18)22-25(34-12-10-17(14-34)15-35)31-24(32-27(22)36-23)26-29-11-13-33(26)2/h3-9,11,13,17,35H,10,12,14-15H2,1-2H3,(H2,28,30). The molecule has 8 nitrogen and oxygen atoms in total. The predicted molar refractivity (Wildman–Crippen MR) is 145 cm³/mol. The maximum Gasteiger partial charge on any atom is 0.199 e. The van der Waals surface area contributed by atoms with Crippen LogP contribution < -0.4 is 10.6 Å². The number of aliphatic hydroxyl groups excluding tert-OH is 1. The number of imidazole rings is 1. The highest BCUT2D eigenvalue weighted by Gasteiger charge is 2.29. The van der Waals surface area contributed by atoms with Crippen LogP contribution in [0.4, 0.5) is 11.6 Å². The van der Waals surface area contributed by atoms with Crippen LogP contribution >= 0.6 is 11.3 Å². The Labute approximate surface area is 213 Å². The highest BCUT2D eigenvalue weighted by atomic mass is 32.1. The summed E-state index contributed by atoms with van der Waals surface area (Å²) in [5.41, 5.74) is 10.1. The van der Waals surface area contributed by atoms with Crippen LogP contribution in [-0.4, -0.2) is 49.3 Å². The van der Waals surface area contributed by atoms with E-state index in [2.05, 4.69) is 39.1 Å². The number of aromatic nitrogens is 5. The number of hydrogen-bond donors (Lipinski definition) is 2. The first kappa shape index (κ1) is 22.6. The van der Waals surface area contributed by atoms with Crippen molar-refractivity contribution in [1.82, 2.24) is 24.5 Å². The Morgan fingerprint density at radius 3 is 2.64 bits per heavy atom. The van der Waals surface area contributed by atoms with E-state index in [4.69, 9.17) is 15.7 Å². The molecular formula is C27H27N7OS. The van der Waals surface area contributed by atoms with Crippen molar-refractivity contribution >= 4 is 33.2 Å². The van der Waals surface area contributed by atoms with E-state index >= 15 is 0 Å². The summed E-state index contributed by atoms with van der Waals surface area (Å²) in [5, 5.41) is 10.9. The Morgan fingerprint density at radius 1 is 1.11 bits per heavy atom. The third-order valence-electron chi connectivity index (χ3n) is 6.81. The number of pyridine rings is 1. The summed E-state index contributed by atoms with van der Waals surface area (Å²) in [6.45, 7) is 3.75. The first-order valence-corrected chi connectivity index (χ1v) is 12.8. The van der Waals surface area contributed by atoms with Crippen molar-refractivity contribution in [3.05, 3.63) is 60.6 Å². The van der Waals surface area contributed by atoms with Crippen LogP contribution in [0.2, 0.25) is 0 Å². The van der Waals surface area contributed by atoms with Crippen LogP contribution in [0, 0.1) is 12.8 Å². The quantitative estimate of drug-likeness (QED) is 0.367. The van der Waals surface area contributed by atoms with Crippen LogP contribution in [0.1, 0.15) is 12.1 Å². The molecule has 6 rings (SSSR count). The molecule has 1 aromatic carbocycles. The van der Waals surface area contributed by atoms with Crippen molar-refractivity contribution in [3.63, 3.8) is 0 Å². The van der Waals surface area contributed by atoms with Gasteiger partial charge in [0.2, 0.25) is 0 Å². The predicted octanol–water partition coefficient (Wildman–Crippen LogP) is 4.53. The monoisotopic (exact) mass is 497 g/mol. The zero-order valence-corrected chi connectivity index (χ0v) is 21.0. The van der Waals surface area contributed by atoms with Crippen molar-refractivity contribution in [2.75, 3.05) is 30.3 Å². The molecule has 9 heteroatoms. The Kier molecular flexibility index (Phi) is 5.66. The number of anilines is 2. The number of aliphatic hydroxyl groups is 1. The van der Waals surface area contributed by atoms with Crippen molar-refractivity contribution < 1.29 is 5.11 Å². The molecule has 1 atom stereocenters. The summed E-state index contributed by atoms with van der Waals surface area (Å²) in [4.78, 5) is 23.5. The molecule has 5 heterocycles. The van der Waals surface area contributed by atoms with Gasteiger partial charge in [-0.1, -0.05) is 30.3 Å². The van der Waals surface area contributed by atoms with Crippen molar-refractivity contribution in [2.24, 2.45) is 13.0 Å². The maximum atomic E-state index is 9.84. The molecule has 5 aromatic rings. The molecule has 1 aliphatic rings. The molecule has 3 N–H and O–H groups in total. The van der Waals surface area contributed by atoms with E-state index in [-0.39, 0.29) is 12.5 Å². The average molecular weight is 498 g/mol. The number of nitrogens with two attached hydrogens (primary N) is 1. The Morgan fingerprint density at radius 2 is 1.94 bits per heavy atom. The number of fused-ring (bicyclic) bond motifs is 1. The fourth-order valence-electron chi connectivity index (χ4n) is 4.96. The van der Waals surface area contributed by atoms with Gasteiger partial charge >= 0.3 is 0 Å². The molecule has 0 saturated carbocycles. The molecule has 1 fully saturated rings. The number of hydrogen-bond acceptors (Lipinski definition) is 8. The second-order valence-electron chi connectivity index (χ2n) is 9.24. The van der Waals surface area contributed by atoms with Gasteiger partial charge in [0.15, 0.2) is 11.6 Å². The van der Waals surface area contributed by atoms with Gasteiger partial charge in [0.1, 0.15) is 16.5 Å². The van der Waals surface area contributed by atoms with E-state index < -0.39 is 0 Å². The molecule has 0 spiro atoms.